The zero-order valence-corrected chi connectivity index (χ0v) is 19.8. The minimum atomic E-state index is -0.736. The van der Waals surface area contributed by atoms with Gasteiger partial charge in [0.1, 0.15) is 17.7 Å². The lowest BCUT2D eigenvalue weighted by Gasteiger charge is -2.28. The van der Waals surface area contributed by atoms with Gasteiger partial charge in [0, 0.05) is 30.5 Å². The van der Waals surface area contributed by atoms with Gasteiger partial charge in [0.05, 0.1) is 12.3 Å². The van der Waals surface area contributed by atoms with Gasteiger partial charge in [0.15, 0.2) is 0 Å². The van der Waals surface area contributed by atoms with Crippen LogP contribution >= 0.6 is 11.3 Å². The van der Waals surface area contributed by atoms with E-state index in [0.717, 1.165) is 11.1 Å². The molecular formula is C25H29N3O4S. The molecule has 3 heterocycles. The van der Waals surface area contributed by atoms with Gasteiger partial charge >= 0.3 is 0 Å². The van der Waals surface area contributed by atoms with Crippen LogP contribution in [0.5, 0.6) is 0 Å². The highest BCUT2D eigenvalue weighted by Gasteiger charge is 2.42. The van der Waals surface area contributed by atoms with Crippen molar-refractivity contribution in [3.05, 3.63) is 64.9 Å². The van der Waals surface area contributed by atoms with Gasteiger partial charge in [-0.3, -0.25) is 9.59 Å². The fraction of sp³-hybridized carbons (Fsp3) is 0.400. The first-order valence-corrected chi connectivity index (χ1v) is 12.0. The molecule has 2 aromatic heterocycles. The van der Waals surface area contributed by atoms with Crippen LogP contribution in [0.25, 0.3) is 10.4 Å². The molecular weight excluding hydrogens is 438 g/mol. The minimum absolute atomic E-state index is 0.0441. The van der Waals surface area contributed by atoms with Crippen LogP contribution < -0.4 is 5.32 Å². The summed E-state index contributed by atoms with van der Waals surface area (Å²) in [4.78, 5) is 29.1. The van der Waals surface area contributed by atoms with Gasteiger partial charge in [-0.25, -0.2) is 0 Å². The van der Waals surface area contributed by atoms with Gasteiger partial charge in [-0.15, -0.1) is 11.3 Å². The molecule has 1 aliphatic heterocycles. The number of nitrogens with zero attached hydrogens (tertiary/aromatic N) is 2. The quantitative estimate of drug-likeness (QED) is 0.552. The first-order valence-electron chi connectivity index (χ1n) is 11.2. The Hall–Kier alpha value is -2.97. The number of aliphatic hydroxyl groups excluding tert-OH is 1. The third-order valence-electron chi connectivity index (χ3n) is 6.11. The summed E-state index contributed by atoms with van der Waals surface area (Å²) in [7, 11) is 0. The highest BCUT2D eigenvalue weighted by atomic mass is 32.1. The van der Waals surface area contributed by atoms with Crippen molar-refractivity contribution < 1.29 is 19.2 Å². The highest BCUT2D eigenvalue weighted by Crippen LogP contribution is 2.31. The number of rotatable bonds is 7. The molecule has 0 unspecified atom stereocenters. The number of benzene rings is 1. The van der Waals surface area contributed by atoms with E-state index in [-0.39, 0.29) is 30.7 Å². The predicted octanol–water partition coefficient (Wildman–Crippen LogP) is 3.73. The molecule has 0 aliphatic carbocycles. The van der Waals surface area contributed by atoms with Crippen LogP contribution in [0.3, 0.4) is 0 Å². The Labute approximate surface area is 197 Å². The Balaban J connectivity index is 1.42. The maximum Gasteiger partial charge on any atom is 0.243 e. The van der Waals surface area contributed by atoms with Crippen LogP contribution in [-0.2, 0) is 16.1 Å². The smallest absolute Gasteiger partial charge is 0.243 e. The van der Waals surface area contributed by atoms with Crippen molar-refractivity contribution in [3.8, 4) is 10.4 Å². The molecule has 1 aromatic carbocycles. The van der Waals surface area contributed by atoms with Crippen LogP contribution in [0.4, 0.5) is 0 Å². The summed E-state index contributed by atoms with van der Waals surface area (Å²) in [5.41, 5.74) is 3.37. The fourth-order valence-corrected chi connectivity index (χ4v) is 5.29. The van der Waals surface area contributed by atoms with E-state index >= 15 is 0 Å². The van der Waals surface area contributed by atoms with Crippen LogP contribution in [-0.4, -0.2) is 45.7 Å². The number of carbonyl (C=O) groups is 2. The second-order valence-corrected chi connectivity index (χ2v) is 9.80. The number of hydrogen-bond acceptors (Lipinski definition) is 6. The number of thiophene rings is 1. The summed E-state index contributed by atoms with van der Waals surface area (Å²) < 4.78 is 5.25. The van der Waals surface area contributed by atoms with Crippen LogP contribution in [0.1, 0.15) is 43.1 Å². The molecule has 1 saturated heterocycles. The summed E-state index contributed by atoms with van der Waals surface area (Å²) in [6.07, 6.45) is 0.988. The number of amides is 2. The summed E-state index contributed by atoms with van der Waals surface area (Å²) in [5.74, 6) is -0.623. The first-order chi connectivity index (χ1) is 15.8. The van der Waals surface area contributed by atoms with Gasteiger partial charge in [-0.05, 0) is 41.0 Å². The Morgan fingerprint density at radius 2 is 2.00 bits per heavy atom. The minimum Gasteiger partial charge on any atom is -0.391 e. The standard InChI is InChI=1S/C25H29N3O4S/c1-15(2)22(21-8-10-27-32-21)25(31)28-14-19(29)12-20(28)24(30)26-13-17-4-6-18(7-5-17)23-16(3)9-11-33-23/h4-11,15,19-20,22,29H,12-14H2,1-3H3,(H,26,30)/t19-,20+,22-/m1/s1. The third kappa shape index (κ3) is 5.02. The number of aliphatic hydroxyl groups is 1. The second-order valence-electron chi connectivity index (χ2n) is 8.88. The molecule has 0 bridgehead atoms. The molecule has 0 saturated carbocycles. The number of nitrogens with one attached hydrogen (secondary N) is 1. The molecule has 33 heavy (non-hydrogen) atoms. The zero-order chi connectivity index (χ0) is 23.5. The number of β-amino-alcohol motifs (C(OH)–C–C–N with tert-alkyl or cyclic N) is 1. The largest absolute Gasteiger partial charge is 0.391 e. The topological polar surface area (TPSA) is 95.7 Å². The van der Waals surface area contributed by atoms with E-state index in [9.17, 15) is 14.7 Å². The normalized spacial score (nSPS) is 19.1. The molecule has 3 atom stereocenters. The van der Waals surface area contributed by atoms with E-state index in [1.165, 1.54) is 21.5 Å². The van der Waals surface area contributed by atoms with Gasteiger partial charge < -0.3 is 19.8 Å². The highest BCUT2D eigenvalue weighted by molar-refractivity contribution is 7.13. The Bertz CT molecular complexity index is 1090. The van der Waals surface area contributed by atoms with E-state index < -0.39 is 18.1 Å². The monoisotopic (exact) mass is 467 g/mol. The second kappa shape index (κ2) is 9.89. The van der Waals surface area contributed by atoms with Crippen molar-refractivity contribution in [1.29, 1.82) is 0 Å². The van der Waals surface area contributed by atoms with E-state index in [4.69, 9.17) is 4.52 Å². The summed E-state index contributed by atoms with van der Waals surface area (Å²) in [5, 5.41) is 19.0. The maximum atomic E-state index is 13.3. The molecule has 3 aromatic rings. The van der Waals surface area contributed by atoms with Crippen LogP contribution in [0.2, 0.25) is 0 Å². The predicted molar refractivity (Wildman–Crippen MR) is 127 cm³/mol. The SMILES string of the molecule is Cc1ccsc1-c1ccc(CNC(=O)[C@@H]2C[C@@H](O)CN2C(=O)[C@@H](c2ccno2)C(C)C)cc1. The van der Waals surface area contributed by atoms with E-state index in [1.807, 2.05) is 26.0 Å². The zero-order valence-electron chi connectivity index (χ0n) is 19.0. The Kier molecular flexibility index (Phi) is 6.95. The molecule has 174 valence electrons. The molecule has 0 spiro atoms. The number of aryl methyl sites for hydroxylation is 1. The van der Waals surface area contributed by atoms with Crippen molar-refractivity contribution in [2.24, 2.45) is 5.92 Å². The lowest BCUT2D eigenvalue weighted by molar-refractivity contribution is -0.141. The average Bonchev–Trinajstić information content (AvgIpc) is 3.54. The van der Waals surface area contributed by atoms with Crippen molar-refractivity contribution in [1.82, 2.24) is 15.4 Å². The molecule has 0 radical (unpaired) electrons. The summed E-state index contributed by atoms with van der Waals surface area (Å²) in [6, 6.07) is 11.2. The maximum absolute atomic E-state index is 13.3. The van der Waals surface area contributed by atoms with Crippen molar-refractivity contribution in [2.75, 3.05) is 6.54 Å². The molecule has 1 fully saturated rings. The average molecular weight is 468 g/mol. The van der Waals surface area contributed by atoms with Crippen molar-refractivity contribution >= 4 is 23.2 Å². The summed E-state index contributed by atoms with van der Waals surface area (Å²) >= 11 is 1.71. The number of aromatic nitrogens is 1. The number of likely N-dealkylation sites (tertiary alicyclic amines) is 1. The molecule has 2 N–H and O–H groups in total. The van der Waals surface area contributed by atoms with Gasteiger partial charge in [0.25, 0.3) is 0 Å². The number of hydrogen-bond donors (Lipinski definition) is 2. The molecule has 7 nitrogen and oxygen atoms in total. The van der Waals surface area contributed by atoms with E-state index in [1.54, 1.807) is 17.4 Å². The molecule has 4 rings (SSSR count). The molecule has 8 heteroatoms. The van der Waals surface area contributed by atoms with Crippen LogP contribution in [0.15, 0.2) is 52.5 Å². The first kappa shape index (κ1) is 23.2. The van der Waals surface area contributed by atoms with Gasteiger partial charge in [-0.1, -0.05) is 43.3 Å². The Morgan fingerprint density at radius 3 is 2.61 bits per heavy atom. The van der Waals surface area contributed by atoms with Crippen LogP contribution in [0, 0.1) is 12.8 Å². The van der Waals surface area contributed by atoms with Gasteiger partial charge in [0.2, 0.25) is 11.8 Å². The third-order valence-corrected chi connectivity index (χ3v) is 7.17. The molecule has 1 aliphatic rings. The Morgan fingerprint density at radius 1 is 1.24 bits per heavy atom. The van der Waals surface area contributed by atoms with Crippen molar-refractivity contribution in [2.45, 2.75) is 51.8 Å². The molecule has 2 amide bonds. The number of carbonyl (C=O) groups excluding carboxylic acids is 2. The van der Waals surface area contributed by atoms with E-state index in [2.05, 4.69) is 41.0 Å². The fourth-order valence-electron chi connectivity index (χ4n) is 4.36. The summed E-state index contributed by atoms with van der Waals surface area (Å²) in [6.45, 7) is 6.42. The van der Waals surface area contributed by atoms with Crippen molar-refractivity contribution in [3.63, 3.8) is 0 Å². The van der Waals surface area contributed by atoms with E-state index in [0.29, 0.717) is 12.3 Å². The van der Waals surface area contributed by atoms with Gasteiger partial charge in [-0.2, -0.15) is 0 Å². The lowest BCUT2D eigenvalue weighted by atomic mass is 9.91. The lowest BCUT2D eigenvalue weighted by Crippen LogP contribution is -2.47.